The van der Waals surface area contributed by atoms with Crippen LogP contribution in [0.2, 0.25) is 5.02 Å². The maximum atomic E-state index is 13.1. The number of nitrogens with zero attached hydrogens (tertiary/aromatic N) is 4. The second-order valence-corrected chi connectivity index (χ2v) is 8.61. The van der Waals surface area contributed by atoms with E-state index in [9.17, 15) is 8.78 Å². The van der Waals surface area contributed by atoms with Crippen LogP contribution in [0.15, 0.2) is 73.1 Å². The van der Waals surface area contributed by atoms with E-state index in [-0.39, 0.29) is 5.69 Å². The van der Waals surface area contributed by atoms with Gasteiger partial charge in [-0.15, -0.1) is 0 Å². The first-order valence-electron chi connectivity index (χ1n) is 11.3. The Bertz CT molecular complexity index is 1570. The number of fused-ring (bicyclic) bond motifs is 1. The van der Waals surface area contributed by atoms with E-state index in [0.29, 0.717) is 34.3 Å². The Morgan fingerprint density at radius 3 is 2.62 bits per heavy atom. The van der Waals surface area contributed by atoms with Gasteiger partial charge in [-0.25, -0.2) is 13.5 Å². The quantitative estimate of drug-likeness (QED) is 0.245. The molecule has 188 valence electrons. The Kier molecular flexibility index (Phi) is 6.87. The Morgan fingerprint density at radius 1 is 1.00 bits per heavy atom. The number of halogens is 3. The van der Waals surface area contributed by atoms with Crippen LogP contribution in [0.3, 0.4) is 0 Å². The Balaban J connectivity index is 1.48. The topological polar surface area (TPSA) is 74.1 Å². The maximum absolute atomic E-state index is 13.1. The zero-order valence-electron chi connectivity index (χ0n) is 20.0. The number of aromatic nitrogens is 4. The molecule has 2 heterocycles. The highest BCUT2D eigenvalue weighted by Crippen LogP contribution is 2.33. The van der Waals surface area contributed by atoms with Gasteiger partial charge >= 0.3 is 0 Å². The second-order valence-electron chi connectivity index (χ2n) is 8.17. The monoisotopic (exact) mass is 521 g/mol. The van der Waals surface area contributed by atoms with Crippen molar-refractivity contribution in [2.75, 3.05) is 19.5 Å². The molecule has 0 amide bonds. The lowest BCUT2D eigenvalue weighted by molar-refractivity contribution is 0.145. The Hall–Kier alpha value is -4.24. The van der Waals surface area contributed by atoms with Gasteiger partial charge in [-0.1, -0.05) is 17.7 Å². The van der Waals surface area contributed by atoms with Crippen LogP contribution in [-0.2, 0) is 6.54 Å². The van der Waals surface area contributed by atoms with Crippen molar-refractivity contribution < 1.29 is 18.3 Å². The molecule has 0 spiro atoms. The van der Waals surface area contributed by atoms with Crippen LogP contribution in [0.25, 0.3) is 27.7 Å². The van der Waals surface area contributed by atoms with E-state index < -0.39 is 6.43 Å². The van der Waals surface area contributed by atoms with Gasteiger partial charge in [-0.2, -0.15) is 15.3 Å². The third-order valence-corrected chi connectivity index (χ3v) is 6.19. The number of hydrogen-bond acceptors (Lipinski definition) is 6. The second kappa shape index (κ2) is 10.4. The summed E-state index contributed by atoms with van der Waals surface area (Å²) in [4.78, 5) is 0. The molecule has 1 N–H and O–H groups in total. The minimum absolute atomic E-state index is 0.297. The standard InChI is InChI=1S/C27H22ClF2N5O2/c1-36-19-6-3-17(26(13-19)37-2)14-31-24-15-32-33-23-11-16(4-7-20(23)24)21-12-18(28)5-8-25(21)35-10-9-22(34-35)27(29)30/h3-13,15,27H,14H2,1-2H3,(H,31,33). The first kappa shape index (κ1) is 24.5. The molecule has 0 bridgehead atoms. The van der Waals surface area contributed by atoms with Crippen molar-refractivity contribution in [1.29, 1.82) is 0 Å². The molecule has 0 fully saturated rings. The number of ether oxygens (including phenoxy) is 2. The maximum Gasteiger partial charge on any atom is 0.282 e. The van der Waals surface area contributed by atoms with Gasteiger partial charge in [0.15, 0.2) is 0 Å². The summed E-state index contributed by atoms with van der Waals surface area (Å²) >= 11 is 6.29. The summed E-state index contributed by atoms with van der Waals surface area (Å²) in [5, 5.41) is 17.3. The summed E-state index contributed by atoms with van der Waals surface area (Å²) in [6.07, 6.45) is 0.514. The van der Waals surface area contributed by atoms with E-state index in [1.165, 1.54) is 16.9 Å². The molecular weight excluding hydrogens is 500 g/mol. The Morgan fingerprint density at radius 2 is 1.86 bits per heavy atom. The van der Waals surface area contributed by atoms with E-state index in [2.05, 4.69) is 20.6 Å². The highest BCUT2D eigenvalue weighted by atomic mass is 35.5. The molecule has 5 rings (SSSR count). The van der Waals surface area contributed by atoms with Gasteiger partial charge < -0.3 is 14.8 Å². The van der Waals surface area contributed by atoms with Crippen LogP contribution in [-0.4, -0.2) is 34.2 Å². The van der Waals surface area contributed by atoms with Gasteiger partial charge in [0.05, 0.1) is 37.3 Å². The molecule has 0 radical (unpaired) electrons. The largest absolute Gasteiger partial charge is 0.497 e. The minimum Gasteiger partial charge on any atom is -0.497 e. The van der Waals surface area contributed by atoms with Crippen LogP contribution in [0.4, 0.5) is 14.5 Å². The number of hydrogen-bond donors (Lipinski definition) is 1. The summed E-state index contributed by atoms with van der Waals surface area (Å²) in [5.41, 5.74) is 4.25. The van der Waals surface area contributed by atoms with E-state index in [0.717, 1.165) is 27.8 Å². The molecule has 10 heteroatoms. The molecule has 0 saturated carbocycles. The summed E-state index contributed by atoms with van der Waals surface area (Å²) in [7, 11) is 3.22. The van der Waals surface area contributed by atoms with Crippen molar-refractivity contribution in [3.8, 4) is 28.3 Å². The van der Waals surface area contributed by atoms with Gasteiger partial charge in [0, 0.05) is 40.3 Å². The van der Waals surface area contributed by atoms with Crippen molar-refractivity contribution in [2.45, 2.75) is 13.0 Å². The van der Waals surface area contributed by atoms with Gasteiger partial charge in [-0.3, -0.25) is 0 Å². The fourth-order valence-corrected chi connectivity index (χ4v) is 4.26. The zero-order valence-corrected chi connectivity index (χ0v) is 20.7. The highest BCUT2D eigenvalue weighted by Gasteiger charge is 2.15. The lowest BCUT2D eigenvalue weighted by Crippen LogP contribution is -2.04. The van der Waals surface area contributed by atoms with Crippen molar-refractivity contribution in [3.05, 3.63) is 89.3 Å². The smallest absolute Gasteiger partial charge is 0.282 e. The third-order valence-electron chi connectivity index (χ3n) is 5.95. The average molecular weight is 522 g/mol. The third kappa shape index (κ3) is 5.03. The first-order chi connectivity index (χ1) is 18.0. The van der Waals surface area contributed by atoms with E-state index in [4.69, 9.17) is 21.1 Å². The fraction of sp³-hybridized carbons (Fsp3) is 0.148. The number of anilines is 1. The Labute approximate surface area is 216 Å². The van der Waals surface area contributed by atoms with Crippen LogP contribution >= 0.6 is 11.6 Å². The molecule has 0 aliphatic carbocycles. The van der Waals surface area contributed by atoms with E-state index >= 15 is 0 Å². The van der Waals surface area contributed by atoms with E-state index in [1.54, 1.807) is 38.6 Å². The zero-order chi connectivity index (χ0) is 25.9. The number of methoxy groups -OCH3 is 2. The van der Waals surface area contributed by atoms with Crippen molar-refractivity contribution in [2.24, 2.45) is 0 Å². The number of alkyl halides is 2. The van der Waals surface area contributed by atoms with E-state index in [1.807, 2.05) is 36.4 Å². The highest BCUT2D eigenvalue weighted by molar-refractivity contribution is 6.31. The average Bonchev–Trinajstić information content (AvgIpc) is 3.42. The van der Waals surface area contributed by atoms with Gasteiger partial charge in [0.2, 0.25) is 0 Å². The van der Waals surface area contributed by atoms with Crippen LogP contribution < -0.4 is 14.8 Å². The lowest BCUT2D eigenvalue weighted by Gasteiger charge is -2.14. The van der Waals surface area contributed by atoms with Gasteiger partial charge in [-0.05, 0) is 54.1 Å². The van der Waals surface area contributed by atoms with Crippen molar-refractivity contribution >= 4 is 28.2 Å². The summed E-state index contributed by atoms with van der Waals surface area (Å²) in [6.45, 7) is 0.500. The molecule has 0 aliphatic heterocycles. The number of benzene rings is 3. The SMILES string of the molecule is COc1ccc(CNc2cnnc3cc(-c4cc(Cl)ccc4-n4ccc(C(F)F)n4)ccc23)c(OC)c1. The molecule has 0 unspecified atom stereocenters. The molecular formula is C27H22ClF2N5O2. The lowest BCUT2D eigenvalue weighted by atomic mass is 10.0. The predicted octanol–water partition coefficient (Wildman–Crippen LogP) is 6.70. The number of rotatable bonds is 8. The predicted molar refractivity (Wildman–Crippen MR) is 139 cm³/mol. The summed E-state index contributed by atoms with van der Waals surface area (Å²) < 4.78 is 38.4. The summed E-state index contributed by atoms with van der Waals surface area (Å²) in [6, 6.07) is 17.9. The molecule has 5 aromatic rings. The minimum atomic E-state index is -2.66. The molecule has 0 aliphatic rings. The van der Waals surface area contributed by atoms with Gasteiger partial charge in [0.1, 0.15) is 17.2 Å². The first-order valence-corrected chi connectivity index (χ1v) is 11.7. The fourth-order valence-electron chi connectivity index (χ4n) is 4.09. The van der Waals surface area contributed by atoms with Crippen molar-refractivity contribution in [3.63, 3.8) is 0 Å². The normalized spacial score (nSPS) is 11.2. The molecule has 3 aromatic carbocycles. The summed E-state index contributed by atoms with van der Waals surface area (Å²) in [5.74, 6) is 1.42. The van der Waals surface area contributed by atoms with Crippen LogP contribution in [0, 0.1) is 0 Å². The molecule has 7 nitrogen and oxygen atoms in total. The van der Waals surface area contributed by atoms with Crippen molar-refractivity contribution in [1.82, 2.24) is 20.0 Å². The van der Waals surface area contributed by atoms with Crippen LogP contribution in [0.5, 0.6) is 11.5 Å². The van der Waals surface area contributed by atoms with Crippen LogP contribution in [0.1, 0.15) is 17.7 Å². The molecule has 37 heavy (non-hydrogen) atoms. The number of nitrogens with one attached hydrogen (secondary N) is 1. The molecule has 0 atom stereocenters. The van der Waals surface area contributed by atoms with Gasteiger partial charge in [0.25, 0.3) is 6.43 Å². The molecule has 2 aromatic heterocycles. The molecule has 0 saturated heterocycles.